The van der Waals surface area contributed by atoms with Crippen LogP contribution >= 0.6 is 15.9 Å². The van der Waals surface area contributed by atoms with E-state index in [1.54, 1.807) is 0 Å². The van der Waals surface area contributed by atoms with Gasteiger partial charge in [0, 0.05) is 30.9 Å². The molecule has 0 heterocycles. The van der Waals surface area contributed by atoms with E-state index in [1.807, 2.05) is 24.3 Å². The second-order valence-corrected chi connectivity index (χ2v) is 4.88. The molecule has 0 aliphatic carbocycles. The summed E-state index contributed by atoms with van der Waals surface area (Å²) in [4.78, 5) is 22.1. The summed E-state index contributed by atoms with van der Waals surface area (Å²) >= 11 is 3.39. The third-order valence-corrected chi connectivity index (χ3v) is 2.84. The second-order valence-electron chi connectivity index (χ2n) is 3.96. The number of carbonyl (C=O) groups excluding carboxylic acids is 2. The van der Waals surface area contributed by atoms with E-state index >= 15 is 0 Å². The van der Waals surface area contributed by atoms with Gasteiger partial charge in [0.2, 0.25) is 11.8 Å². The fourth-order valence-corrected chi connectivity index (χ4v) is 1.93. The van der Waals surface area contributed by atoms with Gasteiger partial charge in [-0.05, 0) is 24.1 Å². The summed E-state index contributed by atoms with van der Waals surface area (Å²) in [7, 11) is 0. The van der Waals surface area contributed by atoms with Gasteiger partial charge in [-0.15, -0.1) is 0 Å². The molecule has 0 bridgehead atoms. The van der Waals surface area contributed by atoms with Crippen molar-refractivity contribution in [3.63, 3.8) is 0 Å². The number of halogens is 1. The summed E-state index contributed by atoms with van der Waals surface area (Å²) in [6, 6.07) is 7.91. The molecule has 0 atom stereocenters. The van der Waals surface area contributed by atoms with Crippen molar-refractivity contribution in [2.75, 3.05) is 13.1 Å². The number of benzene rings is 1. The molecular formula is C13H17BrN2O2. The van der Waals surface area contributed by atoms with E-state index in [1.165, 1.54) is 6.92 Å². The molecule has 2 N–H and O–H groups in total. The summed E-state index contributed by atoms with van der Waals surface area (Å²) in [5, 5.41) is 5.38. The van der Waals surface area contributed by atoms with E-state index < -0.39 is 0 Å². The summed E-state index contributed by atoms with van der Waals surface area (Å²) in [5.74, 6) is -0.0845. The maximum Gasteiger partial charge on any atom is 0.220 e. The zero-order valence-corrected chi connectivity index (χ0v) is 11.9. The topological polar surface area (TPSA) is 58.2 Å². The Morgan fingerprint density at radius 1 is 1.22 bits per heavy atom. The summed E-state index contributed by atoms with van der Waals surface area (Å²) < 4.78 is 1.02. The van der Waals surface area contributed by atoms with Crippen LogP contribution in [-0.4, -0.2) is 24.9 Å². The Balaban J connectivity index is 2.19. The summed E-state index contributed by atoms with van der Waals surface area (Å²) in [6.07, 6.45) is 1.17. The highest BCUT2D eigenvalue weighted by molar-refractivity contribution is 9.10. The molecule has 0 saturated heterocycles. The molecule has 0 saturated carbocycles. The standard InChI is InChI=1S/C13H17BrN2O2/c1-10(17)15-7-8-16-13(18)6-5-11-3-2-4-12(14)9-11/h2-4,9H,5-8H2,1H3,(H,15,17)(H,16,18). The van der Waals surface area contributed by atoms with E-state index in [0.717, 1.165) is 10.0 Å². The highest BCUT2D eigenvalue weighted by atomic mass is 79.9. The maximum atomic E-state index is 11.5. The van der Waals surface area contributed by atoms with Crippen LogP contribution in [0.1, 0.15) is 18.9 Å². The average molecular weight is 313 g/mol. The lowest BCUT2D eigenvalue weighted by Crippen LogP contribution is -2.33. The Morgan fingerprint density at radius 3 is 2.61 bits per heavy atom. The van der Waals surface area contributed by atoms with Gasteiger partial charge in [0.05, 0.1) is 0 Å². The molecule has 18 heavy (non-hydrogen) atoms. The number of nitrogens with one attached hydrogen (secondary N) is 2. The highest BCUT2D eigenvalue weighted by Crippen LogP contribution is 2.12. The third-order valence-electron chi connectivity index (χ3n) is 2.35. The summed E-state index contributed by atoms with van der Waals surface area (Å²) in [5.41, 5.74) is 1.13. The van der Waals surface area contributed by atoms with Gasteiger partial charge in [-0.3, -0.25) is 9.59 Å². The molecule has 0 unspecified atom stereocenters. The van der Waals surface area contributed by atoms with Crippen LogP contribution in [0.3, 0.4) is 0 Å². The van der Waals surface area contributed by atoms with E-state index in [0.29, 0.717) is 25.9 Å². The minimum Gasteiger partial charge on any atom is -0.355 e. The van der Waals surface area contributed by atoms with Gasteiger partial charge in [-0.25, -0.2) is 0 Å². The molecule has 0 aliphatic heterocycles. The average Bonchev–Trinajstić information content (AvgIpc) is 2.32. The molecule has 0 spiro atoms. The van der Waals surface area contributed by atoms with Gasteiger partial charge in [-0.1, -0.05) is 28.1 Å². The van der Waals surface area contributed by atoms with Crippen molar-refractivity contribution < 1.29 is 9.59 Å². The zero-order chi connectivity index (χ0) is 13.4. The molecule has 5 heteroatoms. The molecule has 98 valence electrons. The normalized spacial score (nSPS) is 9.89. The van der Waals surface area contributed by atoms with Crippen molar-refractivity contribution in [2.45, 2.75) is 19.8 Å². The Bertz CT molecular complexity index is 421. The maximum absolute atomic E-state index is 11.5. The number of rotatable bonds is 6. The van der Waals surface area contributed by atoms with Crippen molar-refractivity contribution in [2.24, 2.45) is 0 Å². The number of aryl methyl sites for hydroxylation is 1. The Labute approximate surface area is 115 Å². The molecular weight excluding hydrogens is 296 g/mol. The number of hydrogen-bond acceptors (Lipinski definition) is 2. The zero-order valence-electron chi connectivity index (χ0n) is 10.3. The first kappa shape index (κ1) is 14.7. The largest absolute Gasteiger partial charge is 0.355 e. The molecule has 0 aromatic heterocycles. The highest BCUT2D eigenvalue weighted by Gasteiger charge is 2.02. The van der Waals surface area contributed by atoms with E-state index in [-0.39, 0.29) is 11.8 Å². The van der Waals surface area contributed by atoms with Crippen LogP contribution < -0.4 is 10.6 Å². The first-order valence-corrected chi connectivity index (χ1v) is 6.63. The SMILES string of the molecule is CC(=O)NCCNC(=O)CCc1cccc(Br)c1. The van der Waals surface area contributed by atoms with Gasteiger partial charge in [0.1, 0.15) is 0 Å². The molecule has 1 rings (SSSR count). The number of hydrogen-bond donors (Lipinski definition) is 2. The monoisotopic (exact) mass is 312 g/mol. The minimum atomic E-state index is -0.0848. The smallest absolute Gasteiger partial charge is 0.220 e. The van der Waals surface area contributed by atoms with Gasteiger partial charge >= 0.3 is 0 Å². The van der Waals surface area contributed by atoms with E-state index in [2.05, 4.69) is 26.6 Å². The van der Waals surface area contributed by atoms with Crippen molar-refractivity contribution >= 4 is 27.7 Å². The lowest BCUT2D eigenvalue weighted by molar-refractivity contribution is -0.122. The van der Waals surface area contributed by atoms with Crippen molar-refractivity contribution in [1.82, 2.24) is 10.6 Å². The fourth-order valence-electron chi connectivity index (χ4n) is 1.48. The van der Waals surface area contributed by atoms with Crippen LogP contribution in [0.2, 0.25) is 0 Å². The summed E-state index contributed by atoms with van der Waals surface area (Å²) in [6.45, 7) is 2.39. The Morgan fingerprint density at radius 2 is 1.94 bits per heavy atom. The fraction of sp³-hybridized carbons (Fsp3) is 0.385. The van der Waals surface area contributed by atoms with Gasteiger partial charge in [0.15, 0.2) is 0 Å². The predicted octanol–water partition coefficient (Wildman–Crippen LogP) is 1.63. The van der Waals surface area contributed by atoms with Crippen molar-refractivity contribution in [3.8, 4) is 0 Å². The molecule has 0 aliphatic rings. The van der Waals surface area contributed by atoms with Crippen molar-refractivity contribution in [1.29, 1.82) is 0 Å². The van der Waals surface area contributed by atoms with Gasteiger partial charge < -0.3 is 10.6 Å². The quantitative estimate of drug-likeness (QED) is 0.784. The van der Waals surface area contributed by atoms with E-state index in [9.17, 15) is 9.59 Å². The minimum absolute atomic E-state index is 0.000303. The van der Waals surface area contributed by atoms with Crippen molar-refractivity contribution in [3.05, 3.63) is 34.3 Å². The second kappa shape index (κ2) is 7.87. The first-order chi connectivity index (χ1) is 8.58. The third kappa shape index (κ3) is 6.39. The van der Waals surface area contributed by atoms with Crippen LogP contribution in [0.15, 0.2) is 28.7 Å². The van der Waals surface area contributed by atoms with E-state index in [4.69, 9.17) is 0 Å². The Kier molecular flexibility index (Phi) is 6.43. The van der Waals surface area contributed by atoms with Crippen LogP contribution in [0.5, 0.6) is 0 Å². The molecule has 1 aromatic rings. The Hall–Kier alpha value is -1.36. The lowest BCUT2D eigenvalue weighted by atomic mass is 10.1. The molecule has 2 amide bonds. The first-order valence-electron chi connectivity index (χ1n) is 5.83. The molecule has 1 aromatic carbocycles. The lowest BCUT2D eigenvalue weighted by Gasteiger charge is -2.06. The van der Waals surface area contributed by atoms with Crippen LogP contribution in [0.25, 0.3) is 0 Å². The molecule has 0 fully saturated rings. The van der Waals surface area contributed by atoms with Crippen LogP contribution in [0.4, 0.5) is 0 Å². The van der Waals surface area contributed by atoms with Gasteiger partial charge in [-0.2, -0.15) is 0 Å². The molecule has 0 radical (unpaired) electrons. The van der Waals surface area contributed by atoms with Crippen LogP contribution in [-0.2, 0) is 16.0 Å². The van der Waals surface area contributed by atoms with Crippen LogP contribution in [0, 0.1) is 0 Å². The van der Waals surface area contributed by atoms with Gasteiger partial charge in [0.25, 0.3) is 0 Å². The predicted molar refractivity (Wildman–Crippen MR) is 74.2 cm³/mol. The number of amides is 2. The number of carbonyl (C=O) groups is 2. The molecule has 4 nitrogen and oxygen atoms in total.